The lowest BCUT2D eigenvalue weighted by Gasteiger charge is -2.14. The first kappa shape index (κ1) is 16.1. The molecule has 0 amide bonds. The summed E-state index contributed by atoms with van der Waals surface area (Å²) in [6.45, 7) is 1.51. The Kier molecular flexibility index (Phi) is 4.31. The molecule has 0 bridgehead atoms. The van der Waals surface area contributed by atoms with Gasteiger partial charge in [-0.2, -0.15) is 0 Å². The van der Waals surface area contributed by atoms with Gasteiger partial charge in [-0.3, -0.25) is 0 Å². The zero-order valence-electron chi connectivity index (χ0n) is 12.8. The Balaban J connectivity index is 1.80. The van der Waals surface area contributed by atoms with Crippen LogP contribution in [0.1, 0.15) is 17.2 Å². The van der Waals surface area contributed by atoms with E-state index in [1.54, 1.807) is 19.1 Å². The molecule has 4 nitrogen and oxygen atoms in total. The van der Waals surface area contributed by atoms with E-state index in [-0.39, 0.29) is 12.2 Å². The van der Waals surface area contributed by atoms with Gasteiger partial charge in [0, 0.05) is 23.1 Å². The van der Waals surface area contributed by atoms with Gasteiger partial charge in [0.05, 0.1) is 0 Å². The summed E-state index contributed by atoms with van der Waals surface area (Å²) >= 11 is 0. The molecule has 0 saturated carbocycles. The van der Waals surface area contributed by atoms with Gasteiger partial charge in [-0.1, -0.05) is 0 Å². The maximum atomic E-state index is 13.6. The highest BCUT2D eigenvalue weighted by Crippen LogP contribution is 2.24. The number of fused-ring (bicyclic) bond motifs is 1. The summed E-state index contributed by atoms with van der Waals surface area (Å²) in [6, 6.07) is 9.10. The van der Waals surface area contributed by atoms with Crippen LogP contribution in [0.3, 0.4) is 0 Å². The molecule has 2 aromatic carbocycles. The summed E-state index contributed by atoms with van der Waals surface area (Å²) in [5.41, 5.74) is 0.468. The van der Waals surface area contributed by atoms with E-state index in [1.807, 2.05) is 0 Å². The topological polar surface area (TPSA) is 59.7 Å². The SMILES string of the molecule is Cc1cc(=O)oc2cc(OCC(O)c3cc(F)ccc3F)ccc12. The standard InChI is InChI=1S/C18H14F2O4/c1-10-6-18(22)24-17-8-12(3-4-13(10)17)23-9-16(21)14-7-11(19)2-5-15(14)20/h2-8,16,21H,9H2,1H3. The first-order valence-corrected chi connectivity index (χ1v) is 7.24. The van der Waals surface area contributed by atoms with Crippen molar-refractivity contribution in [2.24, 2.45) is 0 Å². The van der Waals surface area contributed by atoms with Crippen LogP contribution < -0.4 is 10.4 Å². The summed E-state index contributed by atoms with van der Waals surface area (Å²) < 4.78 is 37.3. The molecular weight excluding hydrogens is 318 g/mol. The molecule has 0 radical (unpaired) electrons. The largest absolute Gasteiger partial charge is 0.490 e. The second kappa shape index (κ2) is 6.41. The molecule has 124 valence electrons. The molecule has 3 aromatic rings. The number of aliphatic hydroxyl groups is 1. The van der Waals surface area contributed by atoms with Crippen molar-refractivity contribution >= 4 is 11.0 Å². The third kappa shape index (κ3) is 3.28. The number of aryl methyl sites for hydroxylation is 1. The lowest BCUT2D eigenvalue weighted by atomic mass is 10.1. The highest BCUT2D eigenvalue weighted by atomic mass is 19.1. The molecule has 0 aliphatic carbocycles. The lowest BCUT2D eigenvalue weighted by Crippen LogP contribution is -2.11. The van der Waals surface area contributed by atoms with Gasteiger partial charge in [-0.25, -0.2) is 13.6 Å². The van der Waals surface area contributed by atoms with Crippen LogP contribution in [-0.2, 0) is 0 Å². The van der Waals surface area contributed by atoms with Crippen LogP contribution in [0, 0.1) is 18.6 Å². The molecule has 24 heavy (non-hydrogen) atoms. The van der Waals surface area contributed by atoms with E-state index in [4.69, 9.17) is 9.15 Å². The fourth-order valence-corrected chi connectivity index (χ4v) is 2.43. The Morgan fingerprint density at radius 3 is 2.75 bits per heavy atom. The number of ether oxygens (including phenoxy) is 1. The van der Waals surface area contributed by atoms with Crippen LogP contribution in [0.5, 0.6) is 5.75 Å². The third-order valence-corrected chi connectivity index (χ3v) is 3.65. The average Bonchev–Trinajstić information content (AvgIpc) is 2.54. The second-order valence-electron chi connectivity index (χ2n) is 5.40. The lowest BCUT2D eigenvalue weighted by molar-refractivity contribution is 0.104. The predicted molar refractivity (Wildman–Crippen MR) is 84.0 cm³/mol. The molecule has 0 aliphatic rings. The van der Waals surface area contributed by atoms with Gasteiger partial charge >= 0.3 is 5.63 Å². The molecule has 1 atom stereocenters. The van der Waals surface area contributed by atoms with Crippen LogP contribution in [-0.4, -0.2) is 11.7 Å². The van der Waals surface area contributed by atoms with Crippen molar-refractivity contribution in [3.63, 3.8) is 0 Å². The minimum absolute atomic E-state index is 0.182. The molecule has 0 fully saturated rings. The molecule has 6 heteroatoms. The van der Waals surface area contributed by atoms with E-state index in [0.717, 1.165) is 29.1 Å². The number of hydrogen-bond donors (Lipinski definition) is 1. The number of halogens is 2. The van der Waals surface area contributed by atoms with Gasteiger partial charge in [0.1, 0.15) is 35.7 Å². The van der Waals surface area contributed by atoms with Gasteiger partial charge < -0.3 is 14.3 Å². The number of hydrogen-bond acceptors (Lipinski definition) is 4. The van der Waals surface area contributed by atoms with Crippen molar-refractivity contribution in [1.29, 1.82) is 0 Å². The molecule has 1 heterocycles. The van der Waals surface area contributed by atoms with Crippen LogP contribution in [0.15, 0.2) is 51.7 Å². The van der Waals surface area contributed by atoms with E-state index in [9.17, 15) is 18.7 Å². The Labute approximate surface area is 135 Å². The summed E-state index contributed by atoms with van der Waals surface area (Å²) in [5, 5.41) is 10.7. The minimum atomic E-state index is -1.33. The molecule has 1 unspecified atom stereocenters. The Bertz CT molecular complexity index is 949. The normalized spacial score (nSPS) is 12.3. The van der Waals surface area contributed by atoms with Crippen LogP contribution in [0.25, 0.3) is 11.0 Å². The Hall–Kier alpha value is -2.73. The fraction of sp³-hybridized carbons (Fsp3) is 0.167. The Morgan fingerprint density at radius 1 is 1.17 bits per heavy atom. The summed E-state index contributed by atoms with van der Waals surface area (Å²) in [4.78, 5) is 11.4. The molecule has 1 aromatic heterocycles. The smallest absolute Gasteiger partial charge is 0.336 e. The molecule has 1 N–H and O–H groups in total. The van der Waals surface area contributed by atoms with E-state index >= 15 is 0 Å². The molecular formula is C18H14F2O4. The van der Waals surface area contributed by atoms with Crippen molar-refractivity contribution in [3.8, 4) is 5.75 Å². The number of rotatable bonds is 4. The van der Waals surface area contributed by atoms with Crippen LogP contribution in [0.4, 0.5) is 8.78 Å². The molecule has 0 aliphatic heterocycles. The number of benzene rings is 2. The summed E-state index contributed by atoms with van der Waals surface area (Å²) in [5.74, 6) is -1.02. The highest BCUT2D eigenvalue weighted by Gasteiger charge is 2.15. The maximum Gasteiger partial charge on any atom is 0.336 e. The monoisotopic (exact) mass is 332 g/mol. The fourth-order valence-electron chi connectivity index (χ4n) is 2.43. The van der Waals surface area contributed by atoms with Gasteiger partial charge in [0.2, 0.25) is 0 Å². The predicted octanol–water partition coefficient (Wildman–Crippen LogP) is 3.49. The third-order valence-electron chi connectivity index (χ3n) is 3.65. The van der Waals surface area contributed by atoms with Crippen molar-refractivity contribution in [2.45, 2.75) is 13.0 Å². The Morgan fingerprint density at radius 2 is 1.96 bits per heavy atom. The zero-order chi connectivity index (χ0) is 17.3. The molecule has 3 rings (SSSR count). The first-order chi connectivity index (χ1) is 11.4. The van der Waals surface area contributed by atoms with E-state index < -0.39 is 23.4 Å². The first-order valence-electron chi connectivity index (χ1n) is 7.24. The summed E-state index contributed by atoms with van der Waals surface area (Å²) in [7, 11) is 0. The minimum Gasteiger partial charge on any atom is -0.490 e. The van der Waals surface area contributed by atoms with E-state index in [0.29, 0.717) is 11.3 Å². The molecule has 0 saturated heterocycles. The van der Waals surface area contributed by atoms with E-state index in [2.05, 4.69) is 0 Å². The van der Waals surface area contributed by atoms with Crippen molar-refractivity contribution in [2.75, 3.05) is 6.61 Å². The van der Waals surface area contributed by atoms with Gasteiger partial charge in [-0.15, -0.1) is 0 Å². The maximum absolute atomic E-state index is 13.6. The van der Waals surface area contributed by atoms with Gasteiger partial charge in [0.15, 0.2) is 0 Å². The van der Waals surface area contributed by atoms with Crippen molar-refractivity contribution in [1.82, 2.24) is 0 Å². The highest BCUT2D eigenvalue weighted by molar-refractivity contribution is 5.81. The summed E-state index contributed by atoms with van der Waals surface area (Å²) in [6.07, 6.45) is -1.33. The van der Waals surface area contributed by atoms with E-state index in [1.165, 1.54) is 12.1 Å². The van der Waals surface area contributed by atoms with Crippen LogP contribution >= 0.6 is 0 Å². The molecule has 0 spiro atoms. The average molecular weight is 332 g/mol. The second-order valence-corrected chi connectivity index (χ2v) is 5.40. The zero-order valence-corrected chi connectivity index (χ0v) is 12.8. The van der Waals surface area contributed by atoms with Crippen molar-refractivity contribution < 1.29 is 23.0 Å². The quantitative estimate of drug-likeness (QED) is 0.743. The van der Waals surface area contributed by atoms with Crippen LogP contribution in [0.2, 0.25) is 0 Å². The van der Waals surface area contributed by atoms with Crippen molar-refractivity contribution in [3.05, 3.63) is 75.6 Å². The van der Waals surface area contributed by atoms with Gasteiger partial charge in [-0.05, 0) is 42.8 Å². The number of aliphatic hydroxyl groups excluding tert-OH is 1. The van der Waals surface area contributed by atoms with Gasteiger partial charge in [0.25, 0.3) is 0 Å².